The van der Waals surface area contributed by atoms with Crippen molar-refractivity contribution in [3.05, 3.63) is 51.9 Å². The summed E-state index contributed by atoms with van der Waals surface area (Å²) in [6.45, 7) is 9.21. The van der Waals surface area contributed by atoms with Gasteiger partial charge in [-0.3, -0.25) is 19.3 Å². The van der Waals surface area contributed by atoms with Gasteiger partial charge in [-0.05, 0) is 50.4 Å². The number of nitrogens with one attached hydrogen (secondary N) is 1. The molecule has 1 aromatic rings. The van der Waals surface area contributed by atoms with E-state index in [9.17, 15) is 34.8 Å². The number of phenolic OH excluding ortho intramolecular Hbond substituents is 1. The van der Waals surface area contributed by atoms with Crippen molar-refractivity contribution in [1.82, 2.24) is 10.2 Å². The van der Waals surface area contributed by atoms with Gasteiger partial charge in [0.25, 0.3) is 0 Å². The van der Waals surface area contributed by atoms with Crippen molar-refractivity contribution in [2.75, 3.05) is 20.6 Å². The zero-order chi connectivity index (χ0) is 28.5. The van der Waals surface area contributed by atoms with Crippen LogP contribution in [0, 0.1) is 17.3 Å². The van der Waals surface area contributed by atoms with Crippen LogP contribution in [-0.4, -0.2) is 81.1 Å². The Balaban J connectivity index is 2.09. The lowest BCUT2D eigenvalue weighted by atomic mass is 9.54. The molecule has 0 bridgehead atoms. The predicted octanol–water partition coefficient (Wildman–Crippen LogP) is 2.22. The molecule has 0 saturated carbocycles. The normalized spacial score (nSPS) is 31.3. The van der Waals surface area contributed by atoms with Crippen molar-refractivity contribution in [1.29, 1.82) is 0 Å². The SMILES string of the molecule is CCC(C)(C)CNC1=C2C(=O)c3c(O)cccc3[C@H](C)C2[C@H](O)C2[C@H](N(C)C)C(O)=C(C(C)=O)C(=O)[C@@]12O. The maximum atomic E-state index is 14.1. The average molecular weight is 527 g/mol. The summed E-state index contributed by atoms with van der Waals surface area (Å²) in [4.78, 5) is 42.2. The van der Waals surface area contributed by atoms with Crippen LogP contribution in [0.25, 0.3) is 0 Å². The Labute approximate surface area is 222 Å². The van der Waals surface area contributed by atoms with Gasteiger partial charge in [0, 0.05) is 18.0 Å². The maximum absolute atomic E-state index is 14.1. The van der Waals surface area contributed by atoms with Gasteiger partial charge in [0.1, 0.15) is 17.1 Å². The number of nitrogens with zero attached hydrogens (tertiary/aromatic N) is 1. The Hall–Kier alpha value is -3.01. The molecular formula is C29H38N2O7. The molecule has 6 atom stereocenters. The number of hydrogen-bond acceptors (Lipinski definition) is 9. The van der Waals surface area contributed by atoms with Gasteiger partial charge in [-0.2, -0.15) is 0 Å². The van der Waals surface area contributed by atoms with E-state index in [-0.39, 0.29) is 34.5 Å². The molecule has 0 aliphatic heterocycles. The number of carbonyl (C=O) groups is 3. The molecule has 2 unspecified atom stereocenters. The zero-order valence-electron chi connectivity index (χ0n) is 23.0. The largest absolute Gasteiger partial charge is 0.510 e. The molecule has 1 aromatic carbocycles. The van der Waals surface area contributed by atoms with Crippen molar-refractivity contribution in [2.45, 2.75) is 64.7 Å². The number of benzene rings is 1. The summed E-state index contributed by atoms with van der Waals surface area (Å²) in [5, 5.41) is 49.3. The fourth-order valence-corrected chi connectivity index (χ4v) is 6.40. The van der Waals surface area contributed by atoms with Crippen LogP contribution in [0.15, 0.2) is 40.8 Å². The molecule has 0 amide bonds. The zero-order valence-corrected chi connectivity index (χ0v) is 23.0. The highest BCUT2D eigenvalue weighted by molar-refractivity contribution is 6.25. The fourth-order valence-electron chi connectivity index (χ4n) is 6.40. The van der Waals surface area contributed by atoms with Crippen LogP contribution in [0.1, 0.15) is 62.9 Å². The Morgan fingerprint density at radius 1 is 1.18 bits per heavy atom. The quantitative estimate of drug-likeness (QED) is 0.352. The molecule has 0 fully saturated rings. The molecule has 3 aliphatic carbocycles. The van der Waals surface area contributed by atoms with Crippen molar-refractivity contribution in [3.8, 4) is 5.75 Å². The molecular weight excluding hydrogens is 488 g/mol. The lowest BCUT2D eigenvalue weighted by Gasteiger charge is -2.55. The van der Waals surface area contributed by atoms with Crippen molar-refractivity contribution < 1.29 is 34.8 Å². The minimum absolute atomic E-state index is 0.0137. The summed E-state index contributed by atoms with van der Waals surface area (Å²) in [6, 6.07) is 3.66. The average Bonchev–Trinajstić information content (AvgIpc) is 2.82. The predicted molar refractivity (Wildman–Crippen MR) is 141 cm³/mol. The second kappa shape index (κ2) is 9.32. The minimum Gasteiger partial charge on any atom is -0.510 e. The number of Topliss-reactive ketones (excluding diaryl/α,β-unsaturated/α-hetero) is 3. The monoisotopic (exact) mass is 526 g/mol. The molecule has 0 aromatic heterocycles. The molecule has 0 radical (unpaired) electrons. The highest BCUT2D eigenvalue weighted by atomic mass is 16.3. The Bertz CT molecular complexity index is 1280. The second-order valence-electron chi connectivity index (χ2n) is 11.9. The number of carbonyl (C=O) groups excluding carboxylic acids is 3. The molecule has 9 heteroatoms. The highest BCUT2D eigenvalue weighted by Crippen LogP contribution is 2.55. The molecule has 38 heavy (non-hydrogen) atoms. The summed E-state index contributed by atoms with van der Waals surface area (Å²) >= 11 is 0. The fraction of sp³-hybridized carbons (Fsp3) is 0.552. The van der Waals surface area contributed by atoms with Crippen molar-refractivity contribution >= 4 is 17.3 Å². The van der Waals surface area contributed by atoms with Gasteiger partial charge in [-0.1, -0.05) is 39.8 Å². The van der Waals surface area contributed by atoms with Crippen molar-refractivity contribution in [2.24, 2.45) is 17.3 Å². The molecule has 0 saturated heterocycles. The topological polar surface area (TPSA) is 147 Å². The number of likely N-dealkylation sites (N-methyl/N-ethyl adjacent to an activating group) is 1. The van der Waals surface area contributed by atoms with Crippen LogP contribution in [0.4, 0.5) is 0 Å². The Kier molecular flexibility index (Phi) is 6.87. The second-order valence-corrected chi connectivity index (χ2v) is 11.9. The van der Waals surface area contributed by atoms with E-state index in [0.29, 0.717) is 5.56 Å². The summed E-state index contributed by atoms with van der Waals surface area (Å²) in [6.07, 6.45) is -0.695. The summed E-state index contributed by atoms with van der Waals surface area (Å²) in [5.74, 6) is -5.74. The van der Waals surface area contributed by atoms with E-state index >= 15 is 0 Å². The number of aliphatic hydroxyl groups is 3. The summed E-state index contributed by atoms with van der Waals surface area (Å²) in [5.41, 5.74) is -2.81. The van der Waals surface area contributed by atoms with E-state index in [1.807, 2.05) is 27.7 Å². The molecule has 206 valence electrons. The first-order valence-electron chi connectivity index (χ1n) is 13.0. The molecule has 0 spiro atoms. The number of ketones is 3. The lowest BCUT2D eigenvalue weighted by Crippen LogP contribution is -2.70. The van der Waals surface area contributed by atoms with Crippen LogP contribution in [0.5, 0.6) is 5.75 Å². The first-order valence-corrected chi connectivity index (χ1v) is 13.0. The molecule has 9 nitrogen and oxygen atoms in total. The first-order chi connectivity index (χ1) is 17.6. The van der Waals surface area contributed by atoms with Gasteiger partial charge < -0.3 is 25.7 Å². The van der Waals surface area contributed by atoms with Crippen LogP contribution in [-0.2, 0) is 9.59 Å². The van der Waals surface area contributed by atoms with Gasteiger partial charge in [0.2, 0.25) is 5.78 Å². The van der Waals surface area contributed by atoms with E-state index < -0.39 is 64.2 Å². The number of fused-ring (bicyclic) bond motifs is 3. The number of hydrogen-bond donors (Lipinski definition) is 5. The van der Waals surface area contributed by atoms with E-state index in [1.54, 1.807) is 31.1 Å². The third kappa shape index (κ3) is 3.82. The molecule has 3 aliphatic rings. The van der Waals surface area contributed by atoms with Crippen LogP contribution in [0.3, 0.4) is 0 Å². The van der Waals surface area contributed by atoms with Crippen molar-refractivity contribution in [3.63, 3.8) is 0 Å². The van der Waals surface area contributed by atoms with Gasteiger partial charge in [-0.25, -0.2) is 0 Å². The Morgan fingerprint density at radius 2 is 1.82 bits per heavy atom. The standard InChI is InChI=1S/C29H38N2O7/c1-8-28(4,5)12-30-26-20-17(13(2)15-10-9-11-16(33)19(15)23(20)34)24(35)21-22(31(6)7)25(36)18(14(3)32)27(37)29(21,26)38/h9-11,13,17,21-22,24,30,33,35-36,38H,8,12H2,1-7H3/t13-,17?,21?,22-,24-,29-/m0/s1. The van der Waals surface area contributed by atoms with E-state index in [1.165, 1.54) is 6.07 Å². The third-order valence-corrected chi connectivity index (χ3v) is 8.84. The summed E-state index contributed by atoms with van der Waals surface area (Å²) < 4.78 is 0. The number of rotatable bonds is 6. The molecule has 4 rings (SSSR count). The van der Waals surface area contributed by atoms with E-state index in [2.05, 4.69) is 5.32 Å². The van der Waals surface area contributed by atoms with E-state index in [0.717, 1.165) is 13.3 Å². The summed E-state index contributed by atoms with van der Waals surface area (Å²) in [7, 11) is 3.24. The van der Waals surface area contributed by atoms with Gasteiger partial charge >= 0.3 is 0 Å². The first kappa shape index (κ1) is 28.0. The van der Waals surface area contributed by atoms with Crippen LogP contribution >= 0.6 is 0 Å². The minimum atomic E-state index is -2.51. The van der Waals surface area contributed by atoms with Crippen LogP contribution < -0.4 is 5.32 Å². The Morgan fingerprint density at radius 3 is 2.37 bits per heavy atom. The van der Waals surface area contributed by atoms with Gasteiger partial charge in [0.15, 0.2) is 17.2 Å². The number of phenols is 1. The molecule has 5 N–H and O–H groups in total. The maximum Gasteiger partial charge on any atom is 0.207 e. The lowest BCUT2D eigenvalue weighted by molar-refractivity contribution is -0.156. The smallest absolute Gasteiger partial charge is 0.207 e. The van der Waals surface area contributed by atoms with Gasteiger partial charge in [0.05, 0.1) is 29.3 Å². The number of aliphatic hydroxyl groups excluding tert-OH is 2. The van der Waals surface area contributed by atoms with E-state index in [4.69, 9.17) is 0 Å². The third-order valence-electron chi connectivity index (χ3n) is 8.84. The number of aromatic hydroxyl groups is 1. The van der Waals surface area contributed by atoms with Gasteiger partial charge in [-0.15, -0.1) is 0 Å². The highest BCUT2D eigenvalue weighted by Gasteiger charge is 2.66. The molecule has 0 heterocycles. The van der Waals surface area contributed by atoms with Crippen LogP contribution in [0.2, 0.25) is 0 Å².